The van der Waals surface area contributed by atoms with E-state index in [1.54, 1.807) is 24.3 Å². The zero-order valence-corrected chi connectivity index (χ0v) is 15.0. The molecule has 1 aliphatic rings. The number of ketones is 1. The van der Waals surface area contributed by atoms with Crippen molar-refractivity contribution in [2.75, 3.05) is 20.6 Å². The summed E-state index contributed by atoms with van der Waals surface area (Å²) in [6, 6.07) is 16.7. The van der Waals surface area contributed by atoms with Gasteiger partial charge in [-0.25, -0.2) is 0 Å². The van der Waals surface area contributed by atoms with Crippen LogP contribution in [0.3, 0.4) is 0 Å². The van der Waals surface area contributed by atoms with E-state index in [4.69, 9.17) is 0 Å². The van der Waals surface area contributed by atoms with Gasteiger partial charge in [0.05, 0.1) is 5.56 Å². The van der Waals surface area contributed by atoms with Crippen LogP contribution in [0.4, 0.5) is 0 Å². The van der Waals surface area contributed by atoms with Crippen molar-refractivity contribution in [2.24, 2.45) is 0 Å². The molecule has 1 amide bonds. The molecule has 0 aliphatic carbocycles. The third-order valence-corrected chi connectivity index (χ3v) is 5.08. The van der Waals surface area contributed by atoms with Crippen LogP contribution >= 0.6 is 0 Å². The number of carbonyl (C=O) groups excluding carboxylic acids is 2. The molecule has 0 spiro atoms. The summed E-state index contributed by atoms with van der Waals surface area (Å²) in [7, 11) is 4.09. The van der Waals surface area contributed by atoms with Gasteiger partial charge in [0, 0.05) is 29.8 Å². The first kappa shape index (κ1) is 17.4. The highest BCUT2D eigenvalue weighted by Crippen LogP contribution is 2.25. The smallest absolute Gasteiger partial charge is 0.254 e. The molecule has 0 radical (unpaired) electrons. The van der Waals surface area contributed by atoms with Crippen LogP contribution in [0.25, 0.3) is 0 Å². The summed E-state index contributed by atoms with van der Waals surface area (Å²) in [4.78, 5) is 30.1. The number of carbonyl (C=O) groups is 2. The minimum Gasteiger partial charge on any atom is -0.334 e. The molecular weight excluding hydrogens is 312 g/mol. The van der Waals surface area contributed by atoms with Gasteiger partial charge in [-0.05, 0) is 33.5 Å². The van der Waals surface area contributed by atoms with Crippen molar-refractivity contribution in [3.8, 4) is 0 Å². The van der Waals surface area contributed by atoms with E-state index in [1.165, 1.54) is 0 Å². The Morgan fingerprint density at radius 1 is 0.960 bits per heavy atom. The second-order valence-electron chi connectivity index (χ2n) is 6.80. The number of rotatable bonds is 4. The first-order valence-electron chi connectivity index (χ1n) is 8.67. The molecule has 1 fully saturated rings. The second-order valence-corrected chi connectivity index (χ2v) is 6.80. The van der Waals surface area contributed by atoms with Gasteiger partial charge in [-0.3, -0.25) is 9.59 Å². The molecular formula is C21H24N2O2. The van der Waals surface area contributed by atoms with Crippen molar-refractivity contribution < 1.29 is 9.59 Å². The zero-order chi connectivity index (χ0) is 18.0. The molecule has 0 aromatic heterocycles. The van der Waals surface area contributed by atoms with Crippen molar-refractivity contribution in [1.29, 1.82) is 0 Å². The van der Waals surface area contributed by atoms with E-state index >= 15 is 0 Å². The van der Waals surface area contributed by atoms with E-state index in [2.05, 4.69) is 11.8 Å². The molecule has 1 saturated heterocycles. The number of likely N-dealkylation sites (tertiary alicyclic amines) is 1. The molecule has 0 saturated carbocycles. The molecule has 3 rings (SSSR count). The summed E-state index contributed by atoms with van der Waals surface area (Å²) in [5, 5.41) is 0. The molecule has 25 heavy (non-hydrogen) atoms. The largest absolute Gasteiger partial charge is 0.334 e. The van der Waals surface area contributed by atoms with Crippen molar-refractivity contribution >= 4 is 11.7 Å². The van der Waals surface area contributed by atoms with Gasteiger partial charge < -0.3 is 9.80 Å². The lowest BCUT2D eigenvalue weighted by Crippen LogP contribution is -2.42. The van der Waals surface area contributed by atoms with Crippen molar-refractivity contribution in [2.45, 2.75) is 25.4 Å². The van der Waals surface area contributed by atoms with Crippen LogP contribution in [0.5, 0.6) is 0 Å². The van der Waals surface area contributed by atoms with Crippen LogP contribution in [0.15, 0.2) is 54.6 Å². The standard InChI is InChI=1S/C21H24N2O2/c1-15-19(22(2)3)13-14-23(15)21(25)18-12-8-7-11-17(18)20(24)16-9-5-4-6-10-16/h4-12,15,19H,13-14H2,1-3H3. The maximum absolute atomic E-state index is 13.1. The minimum atomic E-state index is -0.111. The van der Waals surface area contributed by atoms with Gasteiger partial charge in [0.15, 0.2) is 5.78 Å². The van der Waals surface area contributed by atoms with Gasteiger partial charge >= 0.3 is 0 Å². The molecule has 2 aromatic rings. The van der Waals surface area contributed by atoms with Crippen molar-refractivity contribution in [3.63, 3.8) is 0 Å². The van der Waals surface area contributed by atoms with Crippen LogP contribution < -0.4 is 0 Å². The summed E-state index contributed by atoms with van der Waals surface area (Å²) in [5.41, 5.74) is 1.56. The fraction of sp³-hybridized carbons (Fsp3) is 0.333. The number of nitrogens with zero attached hydrogens (tertiary/aromatic N) is 2. The maximum atomic E-state index is 13.1. The molecule has 4 nitrogen and oxygen atoms in total. The van der Waals surface area contributed by atoms with Crippen molar-refractivity contribution in [3.05, 3.63) is 71.3 Å². The first-order valence-corrected chi connectivity index (χ1v) is 8.67. The Morgan fingerprint density at radius 3 is 2.16 bits per heavy atom. The van der Waals surface area contributed by atoms with E-state index in [9.17, 15) is 9.59 Å². The van der Waals surface area contributed by atoms with Crippen LogP contribution in [-0.2, 0) is 0 Å². The first-order chi connectivity index (χ1) is 12.0. The normalized spacial score (nSPS) is 20.1. The summed E-state index contributed by atoms with van der Waals surface area (Å²) in [6.45, 7) is 2.80. The van der Waals surface area contributed by atoms with Crippen LogP contribution in [-0.4, -0.2) is 54.2 Å². The highest BCUT2D eigenvalue weighted by atomic mass is 16.2. The number of hydrogen-bond acceptors (Lipinski definition) is 3. The molecule has 2 atom stereocenters. The van der Waals surface area contributed by atoms with Crippen LogP contribution in [0.2, 0.25) is 0 Å². The third-order valence-electron chi connectivity index (χ3n) is 5.08. The summed E-state index contributed by atoms with van der Waals surface area (Å²) in [5.74, 6) is -0.169. The van der Waals surface area contributed by atoms with E-state index in [-0.39, 0.29) is 17.7 Å². The molecule has 2 aromatic carbocycles. The fourth-order valence-corrected chi connectivity index (χ4v) is 3.67. The Hall–Kier alpha value is -2.46. The monoisotopic (exact) mass is 336 g/mol. The van der Waals surface area contributed by atoms with E-state index in [0.29, 0.717) is 22.7 Å². The van der Waals surface area contributed by atoms with Crippen LogP contribution in [0, 0.1) is 0 Å². The lowest BCUT2D eigenvalue weighted by atomic mass is 9.97. The molecule has 0 N–H and O–H groups in total. The van der Waals surface area contributed by atoms with E-state index < -0.39 is 0 Å². The third kappa shape index (κ3) is 3.35. The number of benzene rings is 2. The van der Waals surface area contributed by atoms with Gasteiger partial charge in [-0.15, -0.1) is 0 Å². The Bertz CT molecular complexity index is 770. The predicted octanol–water partition coefficient (Wildman–Crippen LogP) is 3.08. The Balaban J connectivity index is 1.91. The molecule has 1 aliphatic heterocycles. The van der Waals surface area contributed by atoms with E-state index in [1.807, 2.05) is 49.3 Å². The highest BCUT2D eigenvalue weighted by Gasteiger charge is 2.36. The Kier molecular flexibility index (Phi) is 5.00. The number of likely N-dealkylation sites (N-methyl/N-ethyl adjacent to an activating group) is 1. The predicted molar refractivity (Wildman–Crippen MR) is 98.9 cm³/mol. The van der Waals surface area contributed by atoms with Crippen LogP contribution in [0.1, 0.15) is 39.6 Å². The molecule has 1 heterocycles. The lowest BCUT2D eigenvalue weighted by molar-refractivity contribution is 0.0717. The topological polar surface area (TPSA) is 40.6 Å². The Labute approximate surface area is 149 Å². The van der Waals surface area contributed by atoms with Gasteiger partial charge in [0.25, 0.3) is 5.91 Å². The fourth-order valence-electron chi connectivity index (χ4n) is 3.67. The minimum absolute atomic E-state index is 0.0586. The Morgan fingerprint density at radius 2 is 1.56 bits per heavy atom. The quantitative estimate of drug-likeness (QED) is 0.806. The number of hydrogen-bond donors (Lipinski definition) is 0. The van der Waals surface area contributed by atoms with E-state index in [0.717, 1.165) is 13.0 Å². The van der Waals surface area contributed by atoms with Gasteiger partial charge in [0.1, 0.15) is 0 Å². The van der Waals surface area contributed by atoms with Gasteiger partial charge in [0.2, 0.25) is 0 Å². The second kappa shape index (κ2) is 7.19. The average molecular weight is 336 g/mol. The summed E-state index contributed by atoms with van der Waals surface area (Å²) < 4.78 is 0. The molecule has 2 unspecified atom stereocenters. The SMILES string of the molecule is CC1C(N(C)C)CCN1C(=O)c1ccccc1C(=O)c1ccccc1. The number of amides is 1. The molecule has 130 valence electrons. The molecule has 4 heteroatoms. The highest BCUT2D eigenvalue weighted by molar-refractivity contribution is 6.15. The average Bonchev–Trinajstić information content (AvgIpc) is 3.03. The van der Waals surface area contributed by atoms with Gasteiger partial charge in [-0.1, -0.05) is 48.5 Å². The summed E-state index contributed by atoms with van der Waals surface area (Å²) in [6.07, 6.45) is 0.953. The molecule has 0 bridgehead atoms. The van der Waals surface area contributed by atoms with Gasteiger partial charge in [-0.2, -0.15) is 0 Å². The lowest BCUT2D eigenvalue weighted by Gasteiger charge is -2.28. The zero-order valence-electron chi connectivity index (χ0n) is 15.0. The summed E-state index contributed by atoms with van der Waals surface area (Å²) >= 11 is 0. The van der Waals surface area contributed by atoms with Crippen molar-refractivity contribution in [1.82, 2.24) is 9.80 Å². The maximum Gasteiger partial charge on any atom is 0.254 e.